The highest BCUT2D eigenvalue weighted by Crippen LogP contribution is 2.13. The summed E-state index contributed by atoms with van der Waals surface area (Å²) in [6.45, 7) is 1.64. The van der Waals surface area contributed by atoms with Crippen molar-refractivity contribution in [3.8, 4) is 0 Å². The van der Waals surface area contributed by atoms with Gasteiger partial charge in [-0.25, -0.2) is 14.4 Å². The normalized spacial score (nSPS) is 13.7. The fourth-order valence-corrected chi connectivity index (χ4v) is 2.01. The van der Waals surface area contributed by atoms with E-state index in [0.29, 0.717) is 6.42 Å². The van der Waals surface area contributed by atoms with Gasteiger partial charge in [-0.3, -0.25) is 0 Å². The van der Waals surface area contributed by atoms with Crippen LogP contribution in [0.15, 0.2) is 30.5 Å². The third kappa shape index (κ3) is 2.17. The van der Waals surface area contributed by atoms with Crippen molar-refractivity contribution in [2.45, 2.75) is 19.5 Å². The van der Waals surface area contributed by atoms with Gasteiger partial charge in [-0.1, -0.05) is 12.1 Å². The van der Waals surface area contributed by atoms with Crippen LogP contribution in [-0.4, -0.2) is 9.97 Å². The van der Waals surface area contributed by atoms with Crippen molar-refractivity contribution in [3.63, 3.8) is 0 Å². The lowest BCUT2D eigenvalue weighted by Crippen LogP contribution is -2.02. The van der Waals surface area contributed by atoms with E-state index in [1.54, 1.807) is 6.07 Å². The summed E-state index contributed by atoms with van der Waals surface area (Å²) >= 11 is 0. The number of nitrogens with one attached hydrogen (secondary N) is 1. The van der Waals surface area contributed by atoms with Gasteiger partial charge < -0.3 is 5.32 Å². The topological polar surface area (TPSA) is 37.8 Å². The zero-order valence-electron chi connectivity index (χ0n) is 9.28. The van der Waals surface area contributed by atoms with Crippen molar-refractivity contribution >= 4 is 0 Å². The van der Waals surface area contributed by atoms with E-state index in [-0.39, 0.29) is 5.82 Å². The minimum absolute atomic E-state index is 0.217. The van der Waals surface area contributed by atoms with E-state index >= 15 is 0 Å². The molecule has 0 radical (unpaired) electrons. The summed E-state index contributed by atoms with van der Waals surface area (Å²) in [7, 11) is 0. The minimum atomic E-state index is -0.217. The van der Waals surface area contributed by atoms with Gasteiger partial charge in [0.15, 0.2) is 0 Å². The lowest BCUT2D eigenvalue weighted by Gasteiger charge is -2.03. The number of fused-ring (bicyclic) bond motifs is 1. The second-order valence-corrected chi connectivity index (χ2v) is 4.17. The zero-order chi connectivity index (χ0) is 11.7. The molecule has 17 heavy (non-hydrogen) atoms. The minimum Gasteiger partial charge on any atom is -0.307 e. The molecule has 0 unspecified atom stereocenters. The van der Waals surface area contributed by atoms with Gasteiger partial charge in [0.05, 0.1) is 5.69 Å². The van der Waals surface area contributed by atoms with Crippen molar-refractivity contribution < 1.29 is 4.39 Å². The van der Waals surface area contributed by atoms with Crippen LogP contribution >= 0.6 is 0 Å². The van der Waals surface area contributed by atoms with Crippen molar-refractivity contribution in [1.29, 1.82) is 0 Å². The number of benzene rings is 1. The van der Waals surface area contributed by atoms with E-state index in [9.17, 15) is 4.39 Å². The summed E-state index contributed by atoms with van der Waals surface area (Å²) in [5.74, 6) is 0.531. The number of hydrogen-bond acceptors (Lipinski definition) is 3. The van der Waals surface area contributed by atoms with Gasteiger partial charge in [-0.2, -0.15) is 0 Å². The maximum Gasteiger partial charge on any atom is 0.132 e. The molecule has 0 saturated carbocycles. The fourth-order valence-electron chi connectivity index (χ4n) is 2.01. The largest absolute Gasteiger partial charge is 0.307 e. The number of aromatic nitrogens is 2. The lowest BCUT2D eigenvalue weighted by atomic mass is 10.1. The summed E-state index contributed by atoms with van der Waals surface area (Å²) in [5.41, 5.74) is 3.12. The molecule has 0 aliphatic carbocycles. The Hall–Kier alpha value is -1.81. The van der Waals surface area contributed by atoms with Crippen molar-refractivity contribution in [2.75, 3.05) is 0 Å². The highest BCUT2D eigenvalue weighted by Gasteiger charge is 2.12. The summed E-state index contributed by atoms with van der Waals surface area (Å²) in [6, 6.07) is 6.56. The number of hydrogen-bond donors (Lipinski definition) is 1. The number of rotatable bonds is 2. The maximum absolute atomic E-state index is 13.0. The van der Waals surface area contributed by atoms with E-state index in [1.165, 1.54) is 12.1 Å². The highest BCUT2D eigenvalue weighted by atomic mass is 19.1. The fraction of sp³-hybridized carbons (Fsp3) is 0.231. The van der Waals surface area contributed by atoms with E-state index < -0.39 is 0 Å². The van der Waals surface area contributed by atoms with Gasteiger partial charge in [-0.05, 0) is 17.7 Å². The zero-order valence-corrected chi connectivity index (χ0v) is 9.28. The molecule has 1 aromatic carbocycles. The van der Waals surface area contributed by atoms with Crippen LogP contribution in [0.3, 0.4) is 0 Å². The third-order valence-corrected chi connectivity index (χ3v) is 2.86. The Morgan fingerprint density at radius 2 is 2.24 bits per heavy atom. The second-order valence-electron chi connectivity index (χ2n) is 4.17. The summed E-state index contributed by atoms with van der Waals surface area (Å²) < 4.78 is 13.0. The second kappa shape index (κ2) is 4.22. The molecule has 0 saturated heterocycles. The standard InChI is InChI=1S/C13H12FN3/c14-11-3-1-2-9(4-11)5-13-16-7-10-6-15-8-12(10)17-13/h1-4,7,15H,5-6,8H2. The molecule has 2 aromatic rings. The van der Waals surface area contributed by atoms with E-state index in [4.69, 9.17) is 0 Å². The predicted octanol–water partition coefficient (Wildman–Crippen LogP) is 1.81. The number of nitrogens with zero attached hydrogens (tertiary/aromatic N) is 2. The molecule has 86 valence electrons. The van der Waals surface area contributed by atoms with E-state index in [1.807, 2.05) is 12.3 Å². The van der Waals surface area contributed by atoms with Crippen LogP contribution in [0.5, 0.6) is 0 Å². The number of halogens is 1. The van der Waals surface area contributed by atoms with Gasteiger partial charge in [0.1, 0.15) is 11.6 Å². The first-order chi connectivity index (χ1) is 8.31. The van der Waals surface area contributed by atoms with Crippen LogP contribution in [0.4, 0.5) is 4.39 Å². The third-order valence-electron chi connectivity index (χ3n) is 2.86. The first kappa shape index (κ1) is 10.4. The van der Waals surface area contributed by atoms with Crippen molar-refractivity contribution in [1.82, 2.24) is 15.3 Å². The SMILES string of the molecule is Fc1cccc(Cc2ncc3c(n2)CNC3)c1. The molecule has 1 aliphatic heterocycles. The molecule has 0 fully saturated rings. The first-order valence-electron chi connectivity index (χ1n) is 5.60. The van der Waals surface area contributed by atoms with Crippen molar-refractivity contribution in [3.05, 3.63) is 58.9 Å². The molecule has 3 rings (SSSR count). The maximum atomic E-state index is 13.0. The van der Waals surface area contributed by atoms with Gasteiger partial charge in [0.25, 0.3) is 0 Å². The van der Waals surface area contributed by atoms with Gasteiger partial charge in [0.2, 0.25) is 0 Å². The van der Waals surface area contributed by atoms with Gasteiger partial charge >= 0.3 is 0 Å². The van der Waals surface area contributed by atoms with Gasteiger partial charge in [-0.15, -0.1) is 0 Å². The molecule has 1 aromatic heterocycles. The molecule has 1 N–H and O–H groups in total. The van der Waals surface area contributed by atoms with Gasteiger partial charge in [0, 0.05) is 31.3 Å². The monoisotopic (exact) mass is 229 g/mol. The Kier molecular flexibility index (Phi) is 2.57. The molecular formula is C13H12FN3. The van der Waals surface area contributed by atoms with Crippen LogP contribution in [0.1, 0.15) is 22.6 Å². The lowest BCUT2D eigenvalue weighted by molar-refractivity contribution is 0.625. The Morgan fingerprint density at radius 3 is 3.12 bits per heavy atom. The summed E-state index contributed by atoms with van der Waals surface area (Å²) in [6.07, 6.45) is 2.43. The molecule has 4 heteroatoms. The van der Waals surface area contributed by atoms with Crippen molar-refractivity contribution in [2.24, 2.45) is 0 Å². The molecule has 0 bridgehead atoms. The Bertz CT molecular complexity index is 554. The van der Waals surface area contributed by atoms with Crippen LogP contribution in [-0.2, 0) is 19.5 Å². The quantitative estimate of drug-likeness (QED) is 0.853. The molecular weight excluding hydrogens is 217 g/mol. The highest BCUT2D eigenvalue weighted by molar-refractivity contribution is 5.24. The smallest absolute Gasteiger partial charge is 0.132 e. The summed E-state index contributed by atoms with van der Waals surface area (Å²) in [4.78, 5) is 8.78. The van der Waals surface area contributed by atoms with E-state index in [0.717, 1.165) is 35.7 Å². The molecule has 1 aliphatic rings. The Morgan fingerprint density at radius 1 is 1.29 bits per heavy atom. The summed E-state index contributed by atoms with van der Waals surface area (Å²) in [5, 5.41) is 3.23. The van der Waals surface area contributed by atoms with Crippen LogP contribution in [0, 0.1) is 5.82 Å². The molecule has 0 atom stereocenters. The first-order valence-corrected chi connectivity index (χ1v) is 5.60. The average molecular weight is 229 g/mol. The van der Waals surface area contributed by atoms with E-state index in [2.05, 4.69) is 15.3 Å². The van der Waals surface area contributed by atoms with Crippen LogP contribution < -0.4 is 5.32 Å². The molecule has 0 amide bonds. The van der Waals surface area contributed by atoms with Crippen LogP contribution in [0.2, 0.25) is 0 Å². The Labute approximate surface area is 98.7 Å². The van der Waals surface area contributed by atoms with Crippen LogP contribution in [0.25, 0.3) is 0 Å². The molecule has 0 spiro atoms. The Balaban J connectivity index is 1.86. The predicted molar refractivity (Wildman–Crippen MR) is 61.8 cm³/mol. The molecule has 2 heterocycles. The average Bonchev–Trinajstić information content (AvgIpc) is 2.76. The molecule has 3 nitrogen and oxygen atoms in total.